The molecule has 0 radical (unpaired) electrons. The summed E-state index contributed by atoms with van der Waals surface area (Å²) in [6.45, 7) is 4.76. The molecule has 10 nitrogen and oxygen atoms in total. The Morgan fingerprint density at radius 3 is 2.60 bits per heavy atom. The van der Waals surface area contributed by atoms with Crippen LogP contribution in [0, 0.1) is 0 Å². The normalized spacial score (nSPS) is 23.1. The van der Waals surface area contributed by atoms with E-state index in [9.17, 15) is 4.79 Å². The SMILES string of the molecule is CCOc1cncc(-c2ccc(NC(=O)C3(c4ccnc(NSC5CC5)n4)CCC(N4CCCC4)CC3)nc2)n1. The van der Waals surface area contributed by atoms with E-state index in [2.05, 4.69) is 34.9 Å². The first kappa shape index (κ1) is 26.9. The van der Waals surface area contributed by atoms with Gasteiger partial charge in [0.05, 0.1) is 35.8 Å². The highest BCUT2D eigenvalue weighted by Crippen LogP contribution is 2.42. The highest BCUT2D eigenvalue weighted by molar-refractivity contribution is 8.01. The van der Waals surface area contributed by atoms with Crippen LogP contribution < -0.4 is 14.8 Å². The highest BCUT2D eigenvalue weighted by atomic mass is 32.2. The summed E-state index contributed by atoms with van der Waals surface area (Å²) >= 11 is 1.67. The lowest BCUT2D eigenvalue weighted by atomic mass is 9.69. The van der Waals surface area contributed by atoms with Crippen molar-refractivity contribution < 1.29 is 9.53 Å². The van der Waals surface area contributed by atoms with Crippen molar-refractivity contribution in [1.82, 2.24) is 29.8 Å². The van der Waals surface area contributed by atoms with Crippen LogP contribution in [0.25, 0.3) is 11.3 Å². The standard InChI is InChI=1S/C29H36N8O2S/c1-2-39-26-19-30-18-23(33-26)20-5-8-25(32-17-20)35-27(38)29(12-9-21(10-13-29)37-15-3-4-16-37)24-11-14-31-28(34-24)36-40-22-6-7-22/h5,8,11,14,17-19,21-22H,2-4,6-7,9-10,12-13,15-16H2,1H3,(H,31,34,36)(H,32,35,38). The van der Waals surface area contributed by atoms with Crippen LogP contribution in [0.3, 0.4) is 0 Å². The summed E-state index contributed by atoms with van der Waals surface area (Å²) in [5.74, 6) is 1.48. The Kier molecular flexibility index (Phi) is 8.10. The van der Waals surface area contributed by atoms with E-state index in [-0.39, 0.29) is 5.91 Å². The lowest BCUT2D eigenvalue weighted by molar-refractivity contribution is -0.123. The summed E-state index contributed by atoms with van der Waals surface area (Å²) < 4.78 is 8.77. The fourth-order valence-electron chi connectivity index (χ4n) is 5.72. The highest BCUT2D eigenvalue weighted by Gasteiger charge is 2.46. The summed E-state index contributed by atoms with van der Waals surface area (Å²) in [6.07, 6.45) is 15.1. The largest absolute Gasteiger partial charge is 0.477 e. The Morgan fingerprint density at radius 2 is 1.88 bits per heavy atom. The van der Waals surface area contributed by atoms with Gasteiger partial charge in [0.1, 0.15) is 5.82 Å². The molecule has 2 N–H and O–H groups in total. The number of hydrogen-bond acceptors (Lipinski definition) is 10. The summed E-state index contributed by atoms with van der Waals surface area (Å²) in [7, 11) is 0. The lowest BCUT2D eigenvalue weighted by Crippen LogP contribution is -2.48. The molecule has 1 amide bonds. The second kappa shape index (κ2) is 12.1. The molecule has 0 spiro atoms. The molecule has 3 fully saturated rings. The van der Waals surface area contributed by atoms with E-state index in [1.54, 1.807) is 36.7 Å². The average Bonchev–Trinajstić information content (AvgIpc) is 3.67. The number of anilines is 2. The molecule has 3 aromatic rings. The van der Waals surface area contributed by atoms with Gasteiger partial charge >= 0.3 is 0 Å². The predicted octanol–water partition coefficient (Wildman–Crippen LogP) is 4.86. The van der Waals surface area contributed by atoms with Gasteiger partial charge in [-0.05, 0) is 102 Å². The number of likely N-dealkylation sites (tertiary alicyclic amines) is 1. The van der Waals surface area contributed by atoms with Crippen LogP contribution >= 0.6 is 11.9 Å². The lowest BCUT2D eigenvalue weighted by Gasteiger charge is -2.41. The molecule has 0 unspecified atom stereocenters. The molecule has 2 saturated carbocycles. The number of ether oxygens (including phenoxy) is 1. The minimum absolute atomic E-state index is 0.0646. The second-order valence-corrected chi connectivity index (χ2v) is 11.9. The molecule has 3 aliphatic rings. The third kappa shape index (κ3) is 6.05. The minimum atomic E-state index is -0.739. The first-order chi connectivity index (χ1) is 19.6. The minimum Gasteiger partial charge on any atom is -0.477 e. The monoisotopic (exact) mass is 560 g/mol. The number of amides is 1. The third-order valence-corrected chi connectivity index (χ3v) is 9.20. The van der Waals surface area contributed by atoms with Crippen molar-refractivity contribution in [2.24, 2.45) is 0 Å². The topological polar surface area (TPSA) is 118 Å². The van der Waals surface area contributed by atoms with Gasteiger partial charge in [-0.25, -0.2) is 19.9 Å². The molecule has 6 rings (SSSR count). The van der Waals surface area contributed by atoms with Crippen LogP contribution in [-0.2, 0) is 10.2 Å². The van der Waals surface area contributed by atoms with Crippen molar-refractivity contribution in [3.63, 3.8) is 0 Å². The van der Waals surface area contributed by atoms with Crippen LogP contribution in [0.15, 0.2) is 43.0 Å². The van der Waals surface area contributed by atoms with Gasteiger partial charge in [-0.1, -0.05) is 0 Å². The van der Waals surface area contributed by atoms with E-state index in [1.807, 2.05) is 25.1 Å². The Morgan fingerprint density at radius 1 is 1.05 bits per heavy atom. The van der Waals surface area contributed by atoms with Crippen LogP contribution in [0.5, 0.6) is 5.88 Å². The molecule has 2 aliphatic carbocycles. The van der Waals surface area contributed by atoms with E-state index in [4.69, 9.17) is 9.72 Å². The zero-order valence-corrected chi connectivity index (χ0v) is 23.7. The number of carbonyl (C=O) groups is 1. The van der Waals surface area contributed by atoms with Crippen molar-refractivity contribution in [2.75, 3.05) is 29.7 Å². The number of aromatic nitrogens is 5. The van der Waals surface area contributed by atoms with E-state index in [0.717, 1.165) is 50.0 Å². The zero-order valence-electron chi connectivity index (χ0n) is 22.9. The molecular formula is C29H36N8O2S. The van der Waals surface area contributed by atoms with Crippen LogP contribution in [0.4, 0.5) is 11.8 Å². The van der Waals surface area contributed by atoms with Crippen molar-refractivity contribution in [1.29, 1.82) is 0 Å². The molecule has 1 aliphatic heterocycles. The molecule has 1 saturated heterocycles. The van der Waals surface area contributed by atoms with Crippen LogP contribution in [0.2, 0.25) is 0 Å². The molecule has 11 heteroatoms. The first-order valence-corrected chi connectivity index (χ1v) is 15.2. The molecule has 4 heterocycles. The Balaban J connectivity index is 1.21. The molecule has 0 aromatic carbocycles. The Labute approximate surface area is 239 Å². The van der Waals surface area contributed by atoms with Crippen LogP contribution in [-0.4, -0.2) is 66.7 Å². The van der Waals surface area contributed by atoms with Crippen LogP contribution in [0.1, 0.15) is 64.0 Å². The summed E-state index contributed by atoms with van der Waals surface area (Å²) in [4.78, 5) is 39.2. The average molecular weight is 561 g/mol. The molecule has 0 bridgehead atoms. The van der Waals surface area contributed by atoms with E-state index >= 15 is 0 Å². The maximum Gasteiger partial charge on any atom is 0.237 e. The summed E-state index contributed by atoms with van der Waals surface area (Å²) in [6, 6.07) is 6.13. The van der Waals surface area contributed by atoms with Gasteiger partial charge in [0.2, 0.25) is 17.7 Å². The predicted molar refractivity (Wildman–Crippen MR) is 156 cm³/mol. The Bertz CT molecular complexity index is 1310. The van der Waals surface area contributed by atoms with Crippen molar-refractivity contribution in [2.45, 2.75) is 75.0 Å². The first-order valence-electron chi connectivity index (χ1n) is 14.3. The van der Waals surface area contributed by atoms with E-state index < -0.39 is 5.41 Å². The smallest absolute Gasteiger partial charge is 0.237 e. The summed E-state index contributed by atoms with van der Waals surface area (Å²) in [5, 5.41) is 3.74. The van der Waals surface area contributed by atoms with Gasteiger partial charge in [-0.15, -0.1) is 0 Å². The number of rotatable bonds is 10. The molecule has 40 heavy (non-hydrogen) atoms. The quantitative estimate of drug-likeness (QED) is 0.333. The van der Waals surface area contributed by atoms with Gasteiger partial charge < -0.3 is 15.0 Å². The van der Waals surface area contributed by atoms with E-state index in [1.165, 1.54) is 25.7 Å². The number of carbonyl (C=O) groups excluding carboxylic acids is 1. The molecule has 3 aromatic heterocycles. The maximum atomic E-state index is 14.1. The third-order valence-electron chi connectivity index (χ3n) is 8.09. The van der Waals surface area contributed by atoms with Crippen molar-refractivity contribution in [3.8, 4) is 17.1 Å². The molecule has 0 atom stereocenters. The number of nitrogens with zero attached hydrogens (tertiary/aromatic N) is 6. The fraction of sp³-hybridized carbons (Fsp3) is 0.517. The second-order valence-electron chi connectivity index (χ2n) is 10.8. The number of pyridine rings is 1. The van der Waals surface area contributed by atoms with Gasteiger partial charge in [-0.3, -0.25) is 14.5 Å². The molecular weight excluding hydrogens is 524 g/mol. The fourth-order valence-corrected chi connectivity index (χ4v) is 6.47. The van der Waals surface area contributed by atoms with Gasteiger partial charge in [0.25, 0.3) is 0 Å². The van der Waals surface area contributed by atoms with Crippen molar-refractivity contribution >= 4 is 29.6 Å². The number of nitrogens with one attached hydrogen (secondary N) is 2. The summed E-state index contributed by atoms with van der Waals surface area (Å²) in [5.41, 5.74) is 1.50. The Hall–Kier alpha value is -3.31. The van der Waals surface area contributed by atoms with Crippen molar-refractivity contribution in [3.05, 3.63) is 48.7 Å². The van der Waals surface area contributed by atoms with Gasteiger partial charge in [0, 0.05) is 29.2 Å². The van der Waals surface area contributed by atoms with Gasteiger partial charge in [-0.2, -0.15) is 0 Å². The zero-order chi connectivity index (χ0) is 27.4. The van der Waals surface area contributed by atoms with Gasteiger partial charge in [0.15, 0.2) is 0 Å². The maximum absolute atomic E-state index is 14.1. The molecule has 210 valence electrons. The number of hydrogen-bond donors (Lipinski definition) is 2. The van der Waals surface area contributed by atoms with E-state index in [0.29, 0.717) is 41.2 Å².